The van der Waals surface area contributed by atoms with Gasteiger partial charge in [0.15, 0.2) is 25.5 Å². The summed E-state index contributed by atoms with van der Waals surface area (Å²) in [5, 5.41) is 7.40. The van der Waals surface area contributed by atoms with Crippen molar-refractivity contribution in [2.75, 3.05) is 6.26 Å². The Labute approximate surface area is 367 Å². The molecule has 340 valence electrons. The molecule has 0 amide bonds. The molecule has 10 nitrogen and oxygen atoms in total. The number of hydrogen-bond acceptors (Lipinski definition) is 8. The van der Waals surface area contributed by atoms with Crippen molar-refractivity contribution in [1.29, 1.82) is 0 Å². The summed E-state index contributed by atoms with van der Waals surface area (Å²) in [7, 11) is -7.55. The van der Waals surface area contributed by atoms with Crippen molar-refractivity contribution in [3.63, 3.8) is 0 Å². The van der Waals surface area contributed by atoms with E-state index in [0.717, 1.165) is 23.1 Å². The van der Waals surface area contributed by atoms with Crippen LogP contribution in [-0.2, 0) is 55.7 Å². The second-order valence-electron chi connectivity index (χ2n) is 17.1. The molecule has 2 aromatic carbocycles. The van der Waals surface area contributed by atoms with Crippen LogP contribution in [0.15, 0.2) is 42.5 Å². The summed E-state index contributed by atoms with van der Waals surface area (Å²) in [5.41, 5.74) is -2.10. The number of carbonyl (C=O) groups excluding carboxylic acids is 1. The number of rotatable bonds is 15. The van der Waals surface area contributed by atoms with E-state index in [1.807, 2.05) is 0 Å². The minimum absolute atomic E-state index is 0.0131. The molecule has 0 spiro atoms. The quantitative estimate of drug-likeness (QED) is 0.0751. The molecule has 3 aromatic heterocycles. The van der Waals surface area contributed by atoms with Crippen molar-refractivity contribution in [3.05, 3.63) is 98.7 Å². The van der Waals surface area contributed by atoms with E-state index in [2.05, 4.69) is 22.0 Å². The molecule has 3 aliphatic carbocycles. The van der Waals surface area contributed by atoms with Gasteiger partial charge in [-0.3, -0.25) is 14.2 Å². The highest BCUT2D eigenvalue weighted by Crippen LogP contribution is 2.68. The van der Waals surface area contributed by atoms with Gasteiger partial charge in [-0.05, 0) is 87.3 Å². The smallest absolute Gasteiger partial charge is 0.293 e. The Bertz CT molecular complexity index is 3010. The number of fused-ring (bicyclic) bond motifs is 4. The number of hydrogen-bond donors (Lipinski definition) is 0. The number of pyridine rings is 1. The first-order valence-electron chi connectivity index (χ1n) is 20.0. The van der Waals surface area contributed by atoms with Crippen LogP contribution in [0.5, 0.6) is 0 Å². The number of halogens is 9. The highest BCUT2D eigenvalue weighted by Gasteiger charge is 2.67. The molecule has 0 radical (unpaired) electrons. The number of nitrogens with zero attached hydrogens (tertiary/aromatic N) is 5. The first-order valence-corrected chi connectivity index (χ1v) is 24.0. The number of carbonyl (C=O) groups is 1. The Morgan fingerprint density at radius 3 is 2.25 bits per heavy atom. The normalized spacial score (nSPS) is 18.6. The second-order valence-corrected chi connectivity index (χ2v) is 22.4. The fraction of sp³-hybridized carbons (Fsp3) is 0.442. The predicted molar refractivity (Wildman–Crippen MR) is 220 cm³/mol. The van der Waals surface area contributed by atoms with Crippen molar-refractivity contribution in [1.82, 2.24) is 24.5 Å². The molecule has 2 saturated carbocycles. The Hall–Kier alpha value is -4.87. The Morgan fingerprint density at radius 1 is 0.953 bits per heavy atom. The van der Waals surface area contributed by atoms with Crippen molar-refractivity contribution in [2.24, 2.45) is 5.92 Å². The number of aromatic nitrogens is 5. The molecule has 3 aliphatic rings. The zero-order valence-corrected chi connectivity index (χ0v) is 36.5. The highest BCUT2D eigenvalue weighted by atomic mass is 35.5. The van der Waals surface area contributed by atoms with Crippen LogP contribution in [0.1, 0.15) is 97.4 Å². The average Bonchev–Trinajstić information content (AvgIpc) is 4.10. The van der Waals surface area contributed by atoms with Gasteiger partial charge in [-0.1, -0.05) is 23.6 Å². The van der Waals surface area contributed by atoms with E-state index < -0.39 is 120 Å². The summed E-state index contributed by atoms with van der Waals surface area (Å²) in [4.78, 5) is 18.9. The monoisotopic (exact) mass is 955 g/mol. The number of alkyl halides is 6. The maximum Gasteiger partial charge on any atom is 0.293 e. The summed E-state index contributed by atoms with van der Waals surface area (Å²) in [5.74, 6) is -4.99. The Kier molecular flexibility index (Phi) is 11.6. The number of benzene rings is 2. The van der Waals surface area contributed by atoms with E-state index in [0.29, 0.717) is 23.6 Å². The topological polar surface area (TPSA) is 134 Å². The molecule has 0 saturated heterocycles. The molecule has 1 unspecified atom stereocenters. The third kappa shape index (κ3) is 8.66. The van der Waals surface area contributed by atoms with Gasteiger partial charge >= 0.3 is 0 Å². The van der Waals surface area contributed by atoms with Crippen LogP contribution in [0.25, 0.3) is 22.0 Å². The van der Waals surface area contributed by atoms with E-state index >= 15 is 8.78 Å². The van der Waals surface area contributed by atoms with Crippen LogP contribution in [0.3, 0.4) is 0 Å². The minimum Gasteiger partial charge on any atom is -0.298 e. The maximum atomic E-state index is 15.5. The van der Waals surface area contributed by atoms with Crippen LogP contribution in [0.4, 0.5) is 35.1 Å². The lowest BCUT2D eigenvalue weighted by molar-refractivity contribution is -0.120. The standard InChI is InChI=1S/C43H38ClF8N5O5S2/c1-42(2,63(3,59)60)11-10-25-4-7-28(29-8-9-32(44)36-33(20-64(61,62)27-5-6-27)54-56(39(29)36)19-34(47)48)37(53-25)22(12-21-13-23(45)16-24(46)14-21)15-26(58)18-57-40-35(38(55-57)41(49)50)30-17-31(30)43(40,51)52/h4,7-9,13-14,16,22,27,30-31,34,41H,5-6,12,15,17-20H2,1-3H3/t22?,30-,31+/m0/s1. The molecule has 0 bridgehead atoms. The van der Waals surface area contributed by atoms with Crippen LogP contribution in [0.2, 0.25) is 5.02 Å². The molecular formula is C43H38ClF8N5O5S2. The van der Waals surface area contributed by atoms with Gasteiger partial charge in [0.1, 0.15) is 46.6 Å². The van der Waals surface area contributed by atoms with Crippen LogP contribution in [-0.4, -0.2) is 69.8 Å². The van der Waals surface area contributed by atoms with E-state index in [4.69, 9.17) is 16.6 Å². The Balaban J connectivity index is 1.31. The van der Waals surface area contributed by atoms with Gasteiger partial charge in [-0.2, -0.15) is 19.0 Å². The molecule has 64 heavy (non-hydrogen) atoms. The third-order valence-corrected chi connectivity index (χ3v) is 16.4. The molecule has 0 aliphatic heterocycles. The number of sulfone groups is 2. The first-order chi connectivity index (χ1) is 29.9. The van der Waals surface area contributed by atoms with E-state index in [-0.39, 0.29) is 68.1 Å². The number of ketones is 1. The molecular weight excluding hydrogens is 918 g/mol. The summed E-state index contributed by atoms with van der Waals surface area (Å²) in [6.45, 7) is 0.754. The molecule has 21 heteroatoms. The van der Waals surface area contributed by atoms with E-state index in [1.165, 1.54) is 38.1 Å². The zero-order chi connectivity index (χ0) is 46.4. The fourth-order valence-corrected chi connectivity index (χ4v) is 10.6. The van der Waals surface area contributed by atoms with E-state index in [9.17, 15) is 48.0 Å². The van der Waals surface area contributed by atoms with Gasteiger partial charge in [-0.25, -0.2) is 48.2 Å². The van der Waals surface area contributed by atoms with E-state index in [1.54, 1.807) is 0 Å². The van der Waals surface area contributed by atoms with Gasteiger partial charge in [0.05, 0.1) is 32.9 Å². The van der Waals surface area contributed by atoms with Crippen molar-refractivity contribution in [2.45, 2.75) is 105 Å². The molecule has 5 aromatic rings. The lowest BCUT2D eigenvalue weighted by Crippen LogP contribution is -2.28. The lowest BCUT2D eigenvalue weighted by Gasteiger charge is -2.22. The van der Waals surface area contributed by atoms with Gasteiger partial charge in [0, 0.05) is 52.7 Å². The minimum atomic E-state index is -3.78. The molecule has 8 rings (SSSR count). The van der Waals surface area contributed by atoms with Gasteiger partial charge in [-0.15, -0.1) is 0 Å². The molecule has 0 N–H and O–H groups in total. The molecule has 3 atom stereocenters. The average molecular weight is 956 g/mol. The first kappa shape index (κ1) is 45.7. The van der Waals surface area contributed by atoms with Crippen LogP contribution in [0, 0.1) is 29.4 Å². The summed E-state index contributed by atoms with van der Waals surface area (Å²) >= 11 is 6.68. The van der Waals surface area contributed by atoms with Crippen molar-refractivity contribution >= 4 is 48.0 Å². The summed E-state index contributed by atoms with van der Waals surface area (Å²) in [6, 6.07) is 8.14. The molecule has 3 heterocycles. The molecule has 2 fully saturated rings. The van der Waals surface area contributed by atoms with Gasteiger partial charge < -0.3 is 0 Å². The Morgan fingerprint density at radius 2 is 1.62 bits per heavy atom. The van der Waals surface area contributed by atoms with Gasteiger partial charge in [0.25, 0.3) is 18.8 Å². The van der Waals surface area contributed by atoms with Gasteiger partial charge in [0.2, 0.25) is 0 Å². The predicted octanol–water partition coefficient (Wildman–Crippen LogP) is 8.88. The third-order valence-electron chi connectivity index (χ3n) is 12.0. The maximum absolute atomic E-state index is 15.5. The van der Waals surface area contributed by atoms with Crippen molar-refractivity contribution < 1.29 is 56.8 Å². The summed E-state index contributed by atoms with van der Waals surface area (Å²) in [6.07, 6.45) is -5.48. The van der Waals surface area contributed by atoms with Crippen molar-refractivity contribution in [3.8, 4) is 23.0 Å². The zero-order valence-electron chi connectivity index (χ0n) is 34.2. The SMILES string of the molecule is CC(C)(C#Cc1ccc(-c2ccc(Cl)c3c(CS(=O)(=O)C4CC4)nn(CC(F)F)c23)c(C(CC(=O)Cn2nc(C(F)F)c3c2C(F)(F)[C@@H]2C[C@H]32)Cc2cc(F)cc(F)c2)n1)S(C)(=O)=O. The number of Topliss-reactive ketones (excluding diaryl/α,β-unsaturated/α-hetero) is 1. The largest absolute Gasteiger partial charge is 0.298 e. The second kappa shape index (κ2) is 16.2. The summed E-state index contributed by atoms with van der Waals surface area (Å²) < 4.78 is 169. The van der Waals surface area contributed by atoms with Crippen LogP contribution >= 0.6 is 11.6 Å². The fourth-order valence-electron chi connectivity index (χ4n) is 8.43. The van der Waals surface area contributed by atoms with Crippen LogP contribution < -0.4 is 0 Å². The highest BCUT2D eigenvalue weighted by molar-refractivity contribution is 7.92. The lowest BCUT2D eigenvalue weighted by atomic mass is 9.86.